The van der Waals surface area contributed by atoms with Gasteiger partial charge in [0.1, 0.15) is 12.0 Å². The minimum absolute atomic E-state index is 0.206. The van der Waals surface area contributed by atoms with Crippen molar-refractivity contribution in [1.29, 1.82) is 0 Å². The van der Waals surface area contributed by atoms with E-state index in [4.69, 9.17) is 0 Å². The number of benzene rings is 1. The molecule has 8 heteroatoms. The van der Waals surface area contributed by atoms with Crippen LogP contribution in [0.15, 0.2) is 36.4 Å². The van der Waals surface area contributed by atoms with Gasteiger partial charge in [0, 0.05) is 30.3 Å². The molecule has 1 aromatic carbocycles. The lowest BCUT2D eigenvalue weighted by atomic mass is 9.97. The third kappa shape index (κ3) is 3.93. The van der Waals surface area contributed by atoms with E-state index in [-0.39, 0.29) is 5.92 Å². The molecule has 3 aromatic rings. The number of fused-ring (bicyclic) bond motifs is 1. The van der Waals surface area contributed by atoms with Gasteiger partial charge < -0.3 is 4.90 Å². The number of alkyl halides is 4. The highest BCUT2D eigenvalue weighted by molar-refractivity contribution is 5.53. The quantitative estimate of drug-likeness (QED) is 0.565. The second-order valence-electron chi connectivity index (χ2n) is 7.62. The lowest BCUT2D eigenvalue weighted by Crippen LogP contribution is -2.37. The van der Waals surface area contributed by atoms with Gasteiger partial charge in [-0.25, -0.2) is 9.37 Å². The molecule has 3 heterocycles. The first-order chi connectivity index (χ1) is 13.7. The molecule has 0 amide bonds. The van der Waals surface area contributed by atoms with E-state index < -0.39 is 17.9 Å². The highest BCUT2D eigenvalue weighted by Crippen LogP contribution is 2.32. The van der Waals surface area contributed by atoms with Crippen molar-refractivity contribution in [2.24, 2.45) is 0 Å². The van der Waals surface area contributed by atoms with E-state index in [1.165, 1.54) is 12.1 Å². The molecule has 29 heavy (non-hydrogen) atoms. The van der Waals surface area contributed by atoms with Crippen molar-refractivity contribution in [1.82, 2.24) is 14.6 Å². The molecule has 4 nitrogen and oxygen atoms in total. The van der Waals surface area contributed by atoms with E-state index in [9.17, 15) is 17.6 Å². The molecule has 2 aromatic heterocycles. The van der Waals surface area contributed by atoms with Gasteiger partial charge in [-0.3, -0.25) is 0 Å². The van der Waals surface area contributed by atoms with Crippen molar-refractivity contribution >= 4 is 11.5 Å². The van der Waals surface area contributed by atoms with E-state index in [2.05, 4.69) is 10.1 Å². The van der Waals surface area contributed by atoms with Crippen LogP contribution in [0.4, 0.5) is 23.4 Å². The van der Waals surface area contributed by atoms with Crippen LogP contribution in [0.25, 0.3) is 5.65 Å². The van der Waals surface area contributed by atoms with Gasteiger partial charge in [0.25, 0.3) is 0 Å². The SMILES string of the molecule is Cc1cc(N2CCCC(F)C2)n2nc(C(C)c3ccc(C(F)(F)F)cc3)cc2n1. The van der Waals surface area contributed by atoms with E-state index in [1.54, 1.807) is 4.52 Å². The number of aryl methyl sites for hydroxylation is 1. The summed E-state index contributed by atoms with van der Waals surface area (Å²) in [6, 6.07) is 8.88. The molecule has 154 valence electrons. The predicted molar refractivity (Wildman–Crippen MR) is 103 cm³/mol. The Kier molecular flexibility index (Phi) is 4.96. The van der Waals surface area contributed by atoms with Crippen LogP contribution in [0.2, 0.25) is 0 Å². The molecule has 0 N–H and O–H groups in total. The minimum atomic E-state index is -4.36. The Morgan fingerprint density at radius 3 is 2.52 bits per heavy atom. The smallest absolute Gasteiger partial charge is 0.354 e. The van der Waals surface area contributed by atoms with Crippen molar-refractivity contribution in [3.8, 4) is 0 Å². The van der Waals surface area contributed by atoms with E-state index >= 15 is 0 Å². The zero-order valence-corrected chi connectivity index (χ0v) is 16.2. The number of aromatic nitrogens is 3. The molecule has 0 bridgehead atoms. The summed E-state index contributed by atoms with van der Waals surface area (Å²) in [4.78, 5) is 6.51. The van der Waals surface area contributed by atoms with Gasteiger partial charge in [-0.15, -0.1) is 0 Å². The molecule has 1 aliphatic heterocycles. The summed E-state index contributed by atoms with van der Waals surface area (Å²) in [7, 11) is 0. The number of rotatable bonds is 3. The van der Waals surface area contributed by atoms with Crippen LogP contribution in [-0.2, 0) is 6.18 Å². The van der Waals surface area contributed by atoms with Gasteiger partial charge in [-0.05, 0) is 37.5 Å². The van der Waals surface area contributed by atoms with E-state index in [1.807, 2.05) is 30.9 Å². The fraction of sp³-hybridized carbons (Fsp3) is 0.429. The van der Waals surface area contributed by atoms with Crippen molar-refractivity contribution in [2.45, 2.75) is 45.0 Å². The van der Waals surface area contributed by atoms with Gasteiger partial charge in [-0.2, -0.15) is 22.8 Å². The minimum Gasteiger partial charge on any atom is -0.354 e. The molecule has 1 aliphatic rings. The summed E-state index contributed by atoms with van der Waals surface area (Å²) in [5, 5.41) is 4.67. The molecule has 1 saturated heterocycles. The van der Waals surface area contributed by atoms with Crippen LogP contribution in [0.5, 0.6) is 0 Å². The number of halogens is 4. The van der Waals surface area contributed by atoms with Crippen LogP contribution in [-0.4, -0.2) is 33.9 Å². The Hall–Kier alpha value is -2.64. The van der Waals surface area contributed by atoms with Gasteiger partial charge in [-0.1, -0.05) is 19.1 Å². The molecular weight excluding hydrogens is 384 g/mol. The number of nitrogens with zero attached hydrogens (tertiary/aromatic N) is 4. The molecular formula is C21H22F4N4. The standard InChI is InChI=1S/C21H22F4N4/c1-13-10-20(28-9-3-4-17(22)12-28)29-19(26-13)11-18(27-29)14(2)15-5-7-16(8-6-15)21(23,24)25/h5-8,10-11,14,17H,3-4,9,12H2,1-2H3. The Morgan fingerprint density at radius 2 is 1.86 bits per heavy atom. The fourth-order valence-corrected chi connectivity index (χ4v) is 3.80. The normalized spacial score (nSPS) is 19.0. The lowest BCUT2D eigenvalue weighted by Gasteiger charge is -2.31. The largest absolute Gasteiger partial charge is 0.416 e. The van der Waals surface area contributed by atoms with E-state index in [0.717, 1.165) is 42.2 Å². The molecule has 0 spiro atoms. The number of hydrogen-bond donors (Lipinski definition) is 0. The van der Waals surface area contributed by atoms with Crippen LogP contribution < -0.4 is 4.90 Å². The average molecular weight is 406 g/mol. The second kappa shape index (κ2) is 7.31. The topological polar surface area (TPSA) is 33.4 Å². The van der Waals surface area contributed by atoms with Crippen molar-refractivity contribution < 1.29 is 17.6 Å². The Bertz CT molecular complexity index is 1010. The highest BCUT2D eigenvalue weighted by Gasteiger charge is 2.30. The predicted octanol–water partition coefficient (Wildman–Crippen LogP) is 5.15. The first-order valence-electron chi connectivity index (χ1n) is 9.66. The summed E-state index contributed by atoms with van der Waals surface area (Å²) in [5.74, 6) is 0.586. The molecule has 1 fully saturated rings. The molecule has 2 unspecified atom stereocenters. The van der Waals surface area contributed by atoms with Gasteiger partial charge >= 0.3 is 6.18 Å². The van der Waals surface area contributed by atoms with Crippen LogP contribution in [0.3, 0.4) is 0 Å². The first kappa shape index (κ1) is 19.7. The molecule has 0 radical (unpaired) electrons. The maximum absolute atomic E-state index is 13.9. The number of anilines is 1. The van der Waals surface area contributed by atoms with Crippen LogP contribution >= 0.6 is 0 Å². The zero-order chi connectivity index (χ0) is 20.8. The van der Waals surface area contributed by atoms with Gasteiger partial charge in [0.2, 0.25) is 0 Å². The summed E-state index contributed by atoms with van der Waals surface area (Å²) in [6.45, 7) is 4.85. The Balaban J connectivity index is 1.69. The zero-order valence-electron chi connectivity index (χ0n) is 16.2. The fourth-order valence-electron chi connectivity index (χ4n) is 3.80. The summed E-state index contributed by atoms with van der Waals surface area (Å²) in [5.41, 5.74) is 2.23. The third-order valence-corrected chi connectivity index (χ3v) is 5.42. The molecule has 0 aliphatic carbocycles. The molecule has 2 atom stereocenters. The molecule has 0 saturated carbocycles. The van der Waals surface area contributed by atoms with Gasteiger partial charge in [0.05, 0.1) is 17.8 Å². The van der Waals surface area contributed by atoms with Crippen LogP contribution in [0.1, 0.15) is 48.2 Å². The maximum atomic E-state index is 13.9. The van der Waals surface area contributed by atoms with Crippen molar-refractivity contribution in [2.75, 3.05) is 18.0 Å². The summed E-state index contributed by atoms with van der Waals surface area (Å²) >= 11 is 0. The monoisotopic (exact) mass is 406 g/mol. The number of piperidine rings is 1. The van der Waals surface area contributed by atoms with Crippen molar-refractivity contribution in [3.63, 3.8) is 0 Å². The van der Waals surface area contributed by atoms with E-state index in [0.29, 0.717) is 24.3 Å². The summed E-state index contributed by atoms with van der Waals surface area (Å²) < 4.78 is 54.1. The molecule has 4 rings (SSSR count). The van der Waals surface area contributed by atoms with Crippen LogP contribution in [0, 0.1) is 6.92 Å². The second-order valence-corrected chi connectivity index (χ2v) is 7.62. The maximum Gasteiger partial charge on any atom is 0.416 e. The van der Waals surface area contributed by atoms with Crippen molar-refractivity contribution in [3.05, 3.63) is 58.9 Å². The third-order valence-electron chi connectivity index (χ3n) is 5.42. The summed E-state index contributed by atoms with van der Waals surface area (Å²) in [6.07, 6.45) is -3.88. The Morgan fingerprint density at radius 1 is 1.14 bits per heavy atom. The average Bonchev–Trinajstić information content (AvgIpc) is 3.10. The lowest BCUT2D eigenvalue weighted by molar-refractivity contribution is -0.137. The highest BCUT2D eigenvalue weighted by atomic mass is 19.4. The Labute approximate surface area is 166 Å². The van der Waals surface area contributed by atoms with Gasteiger partial charge in [0.15, 0.2) is 5.65 Å². The first-order valence-corrected chi connectivity index (χ1v) is 9.66. The number of hydrogen-bond acceptors (Lipinski definition) is 3.